The molecule has 0 aliphatic rings. The van der Waals surface area contributed by atoms with E-state index in [9.17, 15) is 22.4 Å². The van der Waals surface area contributed by atoms with Crippen molar-refractivity contribution in [3.8, 4) is 6.07 Å². The molecule has 1 aromatic rings. The summed E-state index contributed by atoms with van der Waals surface area (Å²) >= 11 is 0. The number of amides is 1. The summed E-state index contributed by atoms with van der Waals surface area (Å²) in [5.74, 6) is -6.63. The summed E-state index contributed by atoms with van der Waals surface area (Å²) in [5.41, 5.74) is 0. The number of hydrogen-bond donors (Lipinski definition) is 0. The van der Waals surface area contributed by atoms with Gasteiger partial charge in [0.2, 0.25) is 0 Å². The molecule has 0 radical (unpaired) electrons. The van der Waals surface area contributed by atoms with Crippen molar-refractivity contribution >= 4 is 5.91 Å². The Morgan fingerprint density at radius 1 is 1.53 bits per heavy atom. The Morgan fingerprint density at radius 2 is 2.21 bits per heavy atom. The van der Waals surface area contributed by atoms with Gasteiger partial charge in [0.05, 0.1) is 25.3 Å². The zero-order valence-electron chi connectivity index (χ0n) is 9.65. The molecule has 0 atom stereocenters. The highest BCUT2D eigenvalue weighted by Crippen LogP contribution is 2.26. The standard InChI is InChI=1S/C11H10F4N2O2/c12-9(13)11(14,15)10(18)17(5-2-4-16)7-8-3-1-6-19-8/h1,3,6,9H,2,5,7H2. The van der Waals surface area contributed by atoms with Crippen molar-refractivity contribution in [3.63, 3.8) is 0 Å². The van der Waals surface area contributed by atoms with Crippen molar-refractivity contribution in [3.05, 3.63) is 24.2 Å². The van der Waals surface area contributed by atoms with Gasteiger partial charge >= 0.3 is 12.3 Å². The van der Waals surface area contributed by atoms with Gasteiger partial charge < -0.3 is 9.32 Å². The normalized spacial score (nSPS) is 11.4. The zero-order valence-corrected chi connectivity index (χ0v) is 9.65. The molecule has 0 aliphatic heterocycles. The minimum Gasteiger partial charge on any atom is -0.467 e. The Balaban J connectivity index is 2.84. The lowest BCUT2D eigenvalue weighted by Gasteiger charge is -2.25. The van der Waals surface area contributed by atoms with Crippen molar-refractivity contribution in [2.75, 3.05) is 6.54 Å². The van der Waals surface area contributed by atoms with Crippen LogP contribution in [-0.2, 0) is 11.3 Å². The number of alkyl halides is 4. The molecule has 0 aliphatic carbocycles. The van der Waals surface area contributed by atoms with E-state index in [0.717, 1.165) is 0 Å². The lowest BCUT2D eigenvalue weighted by Crippen LogP contribution is -2.47. The SMILES string of the molecule is N#CCCN(Cc1ccco1)C(=O)C(F)(F)C(F)F. The Morgan fingerprint density at radius 3 is 2.68 bits per heavy atom. The van der Waals surface area contributed by atoms with Crippen LogP contribution in [0.25, 0.3) is 0 Å². The summed E-state index contributed by atoms with van der Waals surface area (Å²) < 4.78 is 55.1. The molecule has 1 rings (SSSR count). The molecule has 0 bridgehead atoms. The van der Waals surface area contributed by atoms with E-state index in [-0.39, 0.29) is 18.7 Å². The third kappa shape index (κ3) is 3.71. The van der Waals surface area contributed by atoms with E-state index in [1.165, 1.54) is 18.4 Å². The highest BCUT2D eigenvalue weighted by Gasteiger charge is 2.51. The zero-order chi connectivity index (χ0) is 14.5. The largest absolute Gasteiger partial charge is 0.467 e. The Hall–Kier alpha value is -2.04. The van der Waals surface area contributed by atoms with Gasteiger partial charge in [0.1, 0.15) is 5.76 Å². The number of carbonyl (C=O) groups is 1. The quantitative estimate of drug-likeness (QED) is 0.751. The minimum atomic E-state index is -4.78. The van der Waals surface area contributed by atoms with E-state index < -0.39 is 24.8 Å². The van der Waals surface area contributed by atoms with E-state index in [0.29, 0.717) is 4.90 Å². The molecule has 1 aromatic heterocycles. The third-order valence-corrected chi connectivity index (χ3v) is 2.27. The molecule has 0 unspecified atom stereocenters. The Bertz CT molecular complexity index is 454. The van der Waals surface area contributed by atoms with Crippen molar-refractivity contribution < 1.29 is 26.8 Å². The number of nitriles is 1. The molecule has 1 heterocycles. The Kier molecular flexibility index (Phi) is 4.92. The first kappa shape index (κ1) is 15.0. The summed E-state index contributed by atoms with van der Waals surface area (Å²) in [6, 6.07) is 4.53. The maximum absolute atomic E-state index is 13.0. The van der Waals surface area contributed by atoms with Crippen LogP contribution >= 0.6 is 0 Å². The summed E-state index contributed by atoms with van der Waals surface area (Å²) in [6.07, 6.45) is -3.08. The van der Waals surface area contributed by atoms with Crippen LogP contribution in [0.15, 0.2) is 22.8 Å². The van der Waals surface area contributed by atoms with E-state index in [1.807, 2.05) is 0 Å². The second kappa shape index (κ2) is 6.22. The van der Waals surface area contributed by atoms with Gasteiger partial charge in [0.25, 0.3) is 5.91 Å². The van der Waals surface area contributed by atoms with E-state index in [2.05, 4.69) is 0 Å². The summed E-state index contributed by atoms with van der Waals surface area (Å²) in [5, 5.41) is 8.39. The molecule has 8 heteroatoms. The molecule has 0 fully saturated rings. The maximum atomic E-state index is 13.0. The van der Waals surface area contributed by atoms with Gasteiger partial charge in [-0.05, 0) is 12.1 Å². The van der Waals surface area contributed by atoms with Crippen LogP contribution in [0.5, 0.6) is 0 Å². The minimum absolute atomic E-state index is 0.163. The molecule has 4 nitrogen and oxygen atoms in total. The van der Waals surface area contributed by atoms with Gasteiger partial charge in [-0.1, -0.05) is 0 Å². The third-order valence-electron chi connectivity index (χ3n) is 2.27. The molecule has 0 spiro atoms. The van der Waals surface area contributed by atoms with Crippen LogP contribution in [0.1, 0.15) is 12.2 Å². The molecule has 0 saturated carbocycles. The lowest BCUT2D eigenvalue weighted by molar-refractivity contribution is -0.181. The van der Waals surface area contributed by atoms with Crippen molar-refractivity contribution in [1.82, 2.24) is 4.90 Å². The number of hydrogen-bond acceptors (Lipinski definition) is 3. The number of nitrogens with zero attached hydrogens (tertiary/aromatic N) is 2. The van der Waals surface area contributed by atoms with Crippen molar-refractivity contribution in [1.29, 1.82) is 5.26 Å². The number of halogens is 4. The van der Waals surface area contributed by atoms with E-state index >= 15 is 0 Å². The lowest BCUT2D eigenvalue weighted by atomic mass is 10.2. The first-order valence-corrected chi connectivity index (χ1v) is 5.24. The predicted octanol–water partition coefficient (Wildman–Crippen LogP) is 2.42. The maximum Gasteiger partial charge on any atom is 0.383 e. The number of carbonyl (C=O) groups excluding carboxylic acids is 1. The summed E-state index contributed by atoms with van der Waals surface area (Å²) in [4.78, 5) is 11.9. The molecule has 19 heavy (non-hydrogen) atoms. The van der Waals surface area contributed by atoms with Gasteiger partial charge in [-0.3, -0.25) is 4.79 Å². The van der Waals surface area contributed by atoms with Crippen LogP contribution in [0.3, 0.4) is 0 Å². The highest BCUT2D eigenvalue weighted by atomic mass is 19.3. The van der Waals surface area contributed by atoms with Gasteiger partial charge in [0.15, 0.2) is 0 Å². The molecule has 104 valence electrons. The van der Waals surface area contributed by atoms with Crippen molar-refractivity contribution in [2.45, 2.75) is 25.3 Å². The summed E-state index contributed by atoms with van der Waals surface area (Å²) in [6.45, 7) is -0.770. The molecular weight excluding hydrogens is 268 g/mol. The molecule has 0 N–H and O–H groups in total. The molecular formula is C11H10F4N2O2. The first-order valence-electron chi connectivity index (χ1n) is 5.24. The second-order valence-electron chi connectivity index (χ2n) is 3.64. The van der Waals surface area contributed by atoms with Crippen LogP contribution in [0, 0.1) is 11.3 Å². The number of furan rings is 1. The van der Waals surface area contributed by atoms with Crippen LogP contribution in [0.2, 0.25) is 0 Å². The first-order chi connectivity index (χ1) is 8.89. The fourth-order valence-corrected chi connectivity index (χ4v) is 1.33. The van der Waals surface area contributed by atoms with Gasteiger partial charge in [0, 0.05) is 6.54 Å². The average Bonchev–Trinajstić information content (AvgIpc) is 2.86. The topological polar surface area (TPSA) is 57.2 Å². The second-order valence-corrected chi connectivity index (χ2v) is 3.64. The molecule has 0 saturated heterocycles. The van der Waals surface area contributed by atoms with Crippen LogP contribution in [0.4, 0.5) is 17.6 Å². The fourth-order valence-electron chi connectivity index (χ4n) is 1.33. The van der Waals surface area contributed by atoms with Crippen LogP contribution in [-0.4, -0.2) is 29.7 Å². The van der Waals surface area contributed by atoms with E-state index in [4.69, 9.17) is 9.68 Å². The fraction of sp³-hybridized carbons (Fsp3) is 0.455. The van der Waals surface area contributed by atoms with E-state index in [1.54, 1.807) is 6.07 Å². The molecule has 1 amide bonds. The summed E-state index contributed by atoms with van der Waals surface area (Å²) in [7, 11) is 0. The highest BCUT2D eigenvalue weighted by molar-refractivity contribution is 5.84. The number of rotatable bonds is 6. The van der Waals surface area contributed by atoms with Crippen LogP contribution < -0.4 is 0 Å². The Labute approximate surface area is 106 Å². The van der Waals surface area contributed by atoms with Gasteiger partial charge in [-0.15, -0.1) is 0 Å². The monoisotopic (exact) mass is 278 g/mol. The van der Waals surface area contributed by atoms with Gasteiger partial charge in [-0.2, -0.15) is 14.0 Å². The predicted molar refractivity (Wildman–Crippen MR) is 55.3 cm³/mol. The van der Waals surface area contributed by atoms with Gasteiger partial charge in [-0.25, -0.2) is 8.78 Å². The average molecular weight is 278 g/mol. The van der Waals surface area contributed by atoms with Crippen molar-refractivity contribution in [2.24, 2.45) is 0 Å². The molecule has 0 aromatic carbocycles. The smallest absolute Gasteiger partial charge is 0.383 e.